The minimum atomic E-state index is 0.715. The Kier molecular flexibility index (Phi) is 4.11. The summed E-state index contributed by atoms with van der Waals surface area (Å²) >= 11 is 0. The van der Waals surface area contributed by atoms with Gasteiger partial charge in [0.2, 0.25) is 0 Å². The molecule has 3 rings (SSSR count). The second-order valence-corrected chi connectivity index (χ2v) is 6.93. The lowest BCUT2D eigenvalue weighted by Gasteiger charge is -2.26. The molecule has 2 fully saturated rings. The highest BCUT2D eigenvalue weighted by molar-refractivity contribution is 5.49. The van der Waals surface area contributed by atoms with Gasteiger partial charge in [-0.05, 0) is 80.8 Å². The first kappa shape index (κ1) is 15.1. The Labute approximate surface area is 130 Å². The molecule has 0 spiro atoms. The van der Waals surface area contributed by atoms with Crippen molar-refractivity contribution in [2.45, 2.75) is 66.5 Å². The molecule has 0 bridgehead atoms. The Hall–Kier alpha value is -0.860. The van der Waals surface area contributed by atoms with Gasteiger partial charge >= 0.3 is 0 Å². The van der Waals surface area contributed by atoms with E-state index in [-0.39, 0.29) is 0 Å². The molecule has 1 aromatic carbocycles. The largest absolute Gasteiger partial charge is 0.275 e. The Balaban J connectivity index is 1.83. The summed E-state index contributed by atoms with van der Waals surface area (Å²) < 4.78 is 0. The van der Waals surface area contributed by atoms with E-state index in [4.69, 9.17) is 0 Å². The van der Waals surface area contributed by atoms with Gasteiger partial charge in [0.25, 0.3) is 0 Å². The lowest BCUT2D eigenvalue weighted by atomic mass is 9.89. The SMILES string of the molecule is Cc1c(C)c(C)c(CN2[C]N3CCCCC3C2)c(C)c1C. The molecule has 2 nitrogen and oxygen atoms in total. The molecule has 0 N–H and O–H groups in total. The van der Waals surface area contributed by atoms with E-state index >= 15 is 0 Å². The molecule has 0 aliphatic carbocycles. The first-order valence-electron chi connectivity index (χ1n) is 8.32. The van der Waals surface area contributed by atoms with Crippen molar-refractivity contribution in [3.8, 4) is 0 Å². The molecule has 2 radical (unpaired) electrons. The van der Waals surface area contributed by atoms with E-state index in [0.717, 1.165) is 13.1 Å². The first-order chi connectivity index (χ1) is 9.99. The zero-order valence-electron chi connectivity index (χ0n) is 14.2. The fraction of sp³-hybridized carbons (Fsp3) is 0.632. The van der Waals surface area contributed by atoms with Crippen molar-refractivity contribution in [3.05, 3.63) is 40.0 Å². The van der Waals surface area contributed by atoms with Gasteiger partial charge in [-0.1, -0.05) is 6.42 Å². The molecule has 1 unspecified atom stereocenters. The average Bonchev–Trinajstić information content (AvgIpc) is 2.90. The second-order valence-electron chi connectivity index (χ2n) is 6.93. The minimum absolute atomic E-state index is 0.715. The van der Waals surface area contributed by atoms with Crippen molar-refractivity contribution in [1.29, 1.82) is 0 Å². The van der Waals surface area contributed by atoms with Gasteiger partial charge in [0.1, 0.15) is 6.67 Å². The van der Waals surface area contributed by atoms with Crippen LogP contribution in [0.5, 0.6) is 0 Å². The van der Waals surface area contributed by atoms with Crippen LogP contribution < -0.4 is 0 Å². The van der Waals surface area contributed by atoms with Crippen molar-refractivity contribution < 1.29 is 0 Å². The quantitative estimate of drug-likeness (QED) is 0.813. The Bertz CT molecular complexity index is 504. The molecule has 2 heterocycles. The van der Waals surface area contributed by atoms with E-state index in [9.17, 15) is 0 Å². The highest BCUT2D eigenvalue weighted by Crippen LogP contribution is 2.31. The van der Waals surface area contributed by atoms with Crippen LogP contribution in [0.1, 0.15) is 52.6 Å². The standard InChI is InChI=1S/C19H28N2/c1-13-14(2)16(4)19(17(5)15(13)3)11-20-10-18-8-6-7-9-21(18)12-20/h18H,6-11H2,1-5H3. The van der Waals surface area contributed by atoms with E-state index < -0.39 is 0 Å². The molecule has 1 aromatic rings. The molecule has 114 valence electrons. The van der Waals surface area contributed by atoms with Crippen LogP contribution in [0.4, 0.5) is 0 Å². The maximum Gasteiger partial charge on any atom is 0.147 e. The van der Waals surface area contributed by atoms with E-state index in [1.54, 1.807) is 0 Å². The van der Waals surface area contributed by atoms with Crippen LogP contribution in [0.3, 0.4) is 0 Å². The molecular weight excluding hydrogens is 256 g/mol. The summed E-state index contributed by atoms with van der Waals surface area (Å²) in [5, 5.41) is 0. The summed E-state index contributed by atoms with van der Waals surface area (Å²) in [7, 11) is 0. The van der Waals surface area contributed by atoms with Crippen LogP contribution >= 0.6 is 0 Å². The van der Waals surface area contributed by atoms with Crippen LogP contribution in [0.25, 0.3) is 0 Å². The number of rotatable bonds is 2. The van der Waals surface area contributed by atoms with Crippen LogP contribution in [0.2, 0.25) is 0 Å². The van der Waals surface area contributed by atoms with Crippen LogP contribution in [-0.4, -0.2) is 28.9 Å². The fourth-order valence-electron chi connectivity index (χ4n) is 3.90. The first-order valence-corrected chi connectivity index (χ1v) is 8.32. The second kappa shape index (κ2) is 5.73. The molecule has 2 heteroatoms. The van der Waals surface area contributed by atoms with Crippen LogP contribution in [-0.2, 0) is 6.54 Å². The topological polar surface area (TPSA) is 6.48 Å². The summed E-state index contributed by atoms with van der Waals surface area (Å²) in [6, 6.07) is 0.715. The van der Waals surface area contributed by atoms with Crippen molar-refractivity contribution in [2.75, 3.05) is 13.1 Å². The summed E-state index contributed by atoms with van der Waals surface area (Å²) in [5.74, 6) is 0. The summed E-state index contributed by atoms with van der Waals surface area (Å²) in [4.78, 5) is 4.86. The van der Waals surface area contributed by atoms with Gasteiger partial charge < -0.3 is 0 Å². The smallest absolute Gasteiger partial charge is 0.147 e. The molecule has 2 aliphatic rings. The van der Waals surface area contributed by atoms with Gasteiger partial charge in [0, 0.05) is 25.7 Å². The monoisotopic (exact) mass is 284 g/mol. The molecule has 21 heavy (non-hydrogen) atoms. The number of fused-ring (bicyclic) bond motifs is 1. The fourth-order valence-corrected chi connectivity index (χ4v) is 3.90. The summed E-state index contributed by atoms with van der Waals surface area (Å²) in [6.45, 7) is 18.3. The minimum Gasteiger partial charge on any atom is -0.275 e. The Morgan fingerprint density at radius 2 is 1.52 bits per heavy atom. The van der Waals surface area contributed by atoms with Crippen molar-refractivity contribution in [3.63, 3.8) is 0 Å². The van der Waals surface area contributed by atoms with Crippen molar-refractivity contribution in [1.82, 2.24) is 9.80 Å². The highest BCUT2D eigenvalue weighted by atomic mass is 15.4. The number of nitrogens with zero attached hydrogens (tertiary/aromatic N) is 2. The molecule has 2 saturated heterocycles. The van der Waals surface area contributed by atoms with Crippen molar-refractivity contribution >= 4 is 0 Å². The van der Waals surface area contributed by atoms with Gasteiger partial charge in [-0.2, -0.15) is 0 Å². The van der Waals surface area contributed by atoms with Gasteiger partial charge in [0.05, 0.1) is 0 Å². The number of hydrogen-bond donors (Lipinski definition) is 0. The predicted octanol–water partition coefficient (Wildman–Crippen LogP) is 3.90. The van der Waals surface area contributed by atoms with Gasteiger partial charge in [-0.3, -0.25) is 9.80 Å². The average molecular weight is 284 g/mol. The third-order valence-corrected chi connectivity index (χ3v) is 5.83. The molecule has 0 aromatic heterocycles. The number of hydrogen-bond acceptors (Lipinski definition) is 2. The summed E-state index contributed by atoms with van der Waals surface area (Å²) in [6.07, 6.45) is 4.06. The molecule has 1 atom stereocenters. The number of benzene rings is 1. The van der Waals surface area contributed by atoms with Crippen LogP contribution in [0.15, 0.2) is 0 Å². The van der Waals surface area contributed by atoms with Crippen LogP contribution in [0, 0.1) is 41.3 Å². The predicted molar refractivity (Wildman–Crippen MR) is 88.1 cm³/mol. The van der Waals surface area contributed by atoms with E-state index in [0.29, 0.717) is 6.04 Å². The van der Waals surface area contributed by atoms with Gasteiger partial charge in [-0.25, -0.2) is 0 Å². The molecule has 0 amide bonds. The van der Waals surface area contributed by atoms with Gasteiger partial charge in [0.15, 0.2) is 0 Å². The van der Waals surface area contributed by atoms with Crippen molar-refractivity contribution in [2.24, 2.45) is 0 Å². The normalized spacial score (nSPS) is 23.6. The Morgan fingerprint density at radius 3 is 2.14 bits per heavy atom. The molecular formula is C19H28N2. The Morgan fingerprint density at radius 1 is 0.905 bits per heavy atom. The van der Waals surface area contributed by atoms with E-state index in [2.05, 4.69) is 51.1 Å². The summed E-state index contributed by atoms with van der Waals surface area (Å²) in [5.41, 5.74) is 8.85. The maximum atomic E-state index is 3.62. The van der Waals surface area contributed by atoms with Gasteiger partial charge in [-0.15, -0.1) is 0 Å². The lowest BCUT2D eigenvalue weighted by Crippen LogP contribution is -2.33. The zero-order chi connectivity index (χ0) is 15.1. The van der Waals surface area contributed by atoms with E-state index in [1.165, 1.54) is 59.2 Å². The lowest BCUT2D eigenvalue weighted by molar-refractivity contribution is 0.229. The highest BCUT2D eigenvalue weighted by Gasteiger charge is 2.33. The molecule has 0 saturated carbocycles. The molecule has 2 aliphatic heterocycles. The number of piperidine rings is 1. The third-order valence-electron chi connectivity index (χ3n) is 5.83. The third kappa shape index (κ3) is 2.64. The zero-order valence-corrected chi connectivity index (χ0v) is 14.2. The maximum absolute atomic E-state index is 3.62. The van der Waals surface area contributed by atoms with E-state index in [1.807, 2.05) is 0 Å².